The molecule has 4 heterocycles. The molecule has 0 aromatic carbocycles. The average molecular weight is 472 g/mol. The maximum Gasteiger partial charge on any atom is 0.275 e. The van der Waals surface area contributed by atoms with Crippen molar-refractivity contribution in [3.05, 3.63) is 52.7 Å². The van der Waals surface area contributed by atoms with E-state index in [9.17, 15) is 13.4 Å². The van der Waals surface area contributed by atoms with Gasteiger partial charge in [-0.25, -0.2) is 14.4 Å². The van der Waals surface area contributed by atoms with E-state index in [2.05, 4.69) is 25.0 Å². The van der Waals surface area contributed by atoms with E-state index < -0.39 is 32.1 Å². The van der Waals surface area contributed by atoms with Crippen molar-refractivity contribution in [1.29, 1.82) is 5.26 Å². The van der Waals surface area contributed by atoms with Crippen molar-refractivity contribution in [2.45, 2.75) is 43.9 Å². The van der Waals surface area contributed by atoms with Crippen LogP contribution in [-0.4, -0.2) is 43.0 Å². The van der Waals surface area contributed by atoms with Crippen molar-refractivity contribution < 1.29 is 13.4 Å². The van der Waals surface area contributed by atoms with Crippen LogP contribution in [0.15, 0.2) is 29.4 Å². The maximum atomic E-state index is 14.9. The molecule has 33 heavy (non-hydrogen) atoms. The number of nitriles is 1. The Morgan fingerprint density at radius 2 is 2.15 bits per heavy atom. The lowest BCUT2D eigenvalue weighted by molar-refractivity contribution is 0.102. The lowest BCUT2D eigenvalue weighted by Crippen LogP contribution is -2.67. The Balaban J connectivity index is 1.69. The second-order valence-corrected chi connectivity index (χ2v) is 12.0. The average Bonchev–Trinajstić information content (AvgIpc) is 2.76. The zero-order valence-electron chi connectivity index (χ0n) is 18.6. The van der Waals surface area contributed by atoms with Gasteiger partial charge in [-0.15, -0.1) is 0 Å². The van der Waals surface area contributed by atoms with Gasteiger partial charge in [0.1, 0.15) is 40.5 Å². The van der Waals surface area contributed by atoms with Gasteiger partial charge in [0.25, 0.3) is 5.91 Å². The fourth-order valence-corrected chi connectivity index (χ4v) is 7.87. The molecule has 11 heteroatoms. The normalized spacial score (nSPS) is 26.9. The molecule has 9 nitrogen and oxygen atoms in total. The Morgan fingerprint density at radius 1 is 1.39 bits per heavy atom. The summed E-state index contributed by atoms with van der Waals surface area (Å²) in [5.74, 6) is -0.797. The number of nitrogens with zero attached hydrogens (tertiary/aromatic N) is 4. The molecule has 2 atom stereocenters. The molecule has 1 saturated heterocycles. The van der Waals surface area contributed by atoms with Crippen LogP contribution in [0.3, 0.4) is 0 Å². The number of thiol groups is 1. The number of halogens is 1. The Bertz CT molecular complexity index is 1270. The predicted molar refractivity (Wildman–Crippen MR) is 125 cm³/mol. The van der Waals surface area contributed by atoms with Gasteiger partial charge in [0.2, 0.25) is 0 Å². The number of aryl methyl sites for hydroxylation is 1. The van der Waals surface area contributed by atoms with Crippen LogP contribution < -0.4 is 15.8 Å². The molecule has 0 unspecified atom stereocenters. The monoisotopic (exact) mass is 471 g/mol. The molecule has 2 aromatic heterocycles. The van der Waals surface area contributed by atoms with E-state index >= 15 is 0 Å². The van der Waals surface area contributed by atoms with Crippen LogP contribution in [-0.2, 0) is 15.7 Å². The van der Waals surface area contributed by atoms with Crippen molar-refractivity contribution in [2.24, 2.45) is 10.7 Å². The fourth-order valence-electron chi connectivity index (χ4n) is 4.51. The van der Waals surface area contributed by atoms with E-state index in [-0.39, 0.29) is 28.8 Å². The molecule has 0 spiro atoms. The van der Waals surface area contributed by atoms with Crippen LogP contribution in [0.5, 0.6) is 0 Å². The number of anilines is 1. The first-order valence-corrected chi connectivity index (χ1v) is 12.5. The lowest BCUT2D eigenvalue weighted by Gasteiger charge is -2.52. The number of hydrogen-bond acceptors (Lipinski definition) is 7. The van der Waals surface area contributed by atoms with Crippen LogP contribution >= 0.6 is 0 Å². The first kappa shape index (κ1) is 22.9. The Kier molecular flexibility index (Phi) is 5.54. The summed E-state index contributed by atoms with van der Waals surface area (Å²) in [7, 11) is -3.03. The zero-order valence-corrected chi connectivity index (χ0v) is 19.5. The molecular weight excluding hydrogens is 445 g/mol. The van der Waals surface area contributed by atoms with Crippen molar-refractivity contribution in [3.63, 3.8) is 0 Å². The molecule has 0 saturated carbocycles. The molecule has 2 aliphatic rings. The SMILES string of the molecule is Cc1cc(C#N)cnc1C(=O)Nc1ccc(F)c([C@]2(C)C[SH]3(=O)NCCC[C@@]3(C)C(N)=N2)n1. The second-order valence-electron chi connectivity index (χ2n) is 8.94. The van der Waals surface area contributed by atoms with Gasteiger partial charge in [0, 0.05) is 18.5 Å². The summed E-state index contributed by atoms with van der Waals surface area (Å²) >= 11 is 0. The number of carbonyl (C=O) groups is 1. The number of carbonyl (C=O) groups excluding carboxylic acids is 1. The topological polar surface area (TPSA) is 146 Å². The molecule has 2 aromatic rings. The summed E-state index contributed by atoms with van der Waals surface area (Å²) < 4.78 is 31.2. The number of fused-ring (bicyclic) bond motifs is 1. The summed E-state index contributed by atoms with van der Waals surface area (Å²) in [6, 6.07) is 6.04. The van der Waals surface area contributed by atoms with Crippen LogP contribution in [0.4, 0.5) is 10.2 Å². The molecule has 1 amide bonds. The van der Waals surface area contributed by atoms with E-state index in [1.165, 1.54) is 18.3 Å². The number of rotatable bonds is 3. The largest absolute Gasteiger partial charge is 0.386 e. The molecule has 4 rings (SSSR count). The van der Waals surface area contributed by atoms with Crippen molar-refractivity contribution in [2.75, 3.05) is 17.6 Å². The zero-order chi connectivity index (χ0) is 24.0. The van der Waals surface area contributed by atoms with Crippen molar-refractivity contribution in [3.8, 4) is 6.07 Å². The number of hydrogen-bond donors (Lipinski definition) is 4. The summed E-state index contributed by atoms with van der Waals surface area (Å²) in [4.78, 5) is 25.7. The van der Waals surface area contributed by atoms with Gasteiger partial charge in [0.15, 0.2) is 0 Å². The van der Waals surface area contributed by atoms with Gasteiger partial charge in [-0.1, -0.05) is 0 Å². The van der Waals surface area contributed by atoms with Gasteiger partial charge >= 0.3 is 0 Å². The highest BCUT2D eigenvalue weighted by Crippen LogP contribution is 2.43. The fraction of sp³-hybridized carbons (Fsp3) is 0.409. The number of amidine groups is 1. The summed E-state index contributed by atoms with van der Waals surface area (Å²) in [5, 5.41) is 11.6. The van der Waals surface area contributed by atoms with E-state index in [4.69, 9.17) is 11.0 Å². The minimum atomic E-state index is -3.03. The minimum Gasteiger partial charge on any atom is -0.386 e. The molecule has 2 aliphatic heterocycles. The third-order valence-electron chi connectivity index (χ3n) is 6.47. The number of aliphatic imine (C=N–C) groups is 1. The quantitative estimate of drug-likeness (QED) is 0.501. The van der Waals surface area contributed by atoms with Gasteiger partial charge in [-0.05, 0) is 67.5 Å². The molecule has 4 N–H and O–H groups in total. The third-order valence-corrected chi connectivity index (χ3v) is 10.3. The molecule has 0 aliphatic carbocycles. The van der Waals surface area contributed by atoms with E-state index in [0.717, 1.165) is 6.42 Å². The number of pyridine rings is 2. The van der Waals surface area contributed by atoms with Gasteiger partial charge in [-0.3, -0.25) is 18.7 Å². The lowest BCUT2D eigenvalue weighted by atomic mass is 9.96. The highest BCUT2D eigenvalue weighted by molar-refractivity contribution is 8.03. The third kappa shape index (κ3) is 3.79. The smallest absolute Gasteiger partial charge is 0.275 e. The Hall–Kier alpha value is -3.23. The van der Waals surface area contributed by atoms with Crippen LogP contribution in [0.1, 0.15) is 54.0 Å². The molecule has 0 radical (unpaired) electrons. The first-order valence-electron chi connectivity index (χ1n) is 10.6. The highest BCUT2D eigenvalue weighted by Gasteiger charge is 2.53. The Morgan fingerprint density at radius 3 is 2.85 bits per heavy atom. The van der Waals surface area contributed by atoms with E-state index in [0.29, 0.717) is 24.1 Å². The van der Waals surface area contributed by atoms with Crippen molar-refractivity contribution in [1.82, 2.24) is 14.7 Å². The molecule has 174 valence electrons. The summed E-state index contributed by atoms with van der Waals surface area (Å²) in [5.41, 5.74) is 5.96. The summed E-state index contributed by atoms with van der Waals surface area (Å²) in [6.45, 7) is 5.75. The van der Waals surface area contributed by atoms with Gasteiger partial charge in [0.05, 0.1) is 10.3 Å². The van der Waals surface area contributed by atoms with E-state index in [1.807, 2.05) is 13.0 Å². The van der Waals surface area contributed by atoms with Gasteiger partial charge in [-0.2, -0.15) is 5.26 Å². The highest BCUT2D eigenvalue weighted by atomic mass is 32.3. The van der Waals surface area contributed by atoms with Crippen LogP contribution in [0, 0.1) is 24.1 Å². The van der Waals surface area contributed by atoms with Crippen LogP contribution in [0.25, 0.3) is 0 Å². The number of aromatic nitrogens is 2. The predicted octanol–water partition coefficient (Wildman–Crippen LogP) is 1.71. The van der Waals surface area contributed by atoms with E-state index in [1.54, 1.807) is 19.9 Å². The van der Waals surface area contributed by atoms with Crippen molar-refractivity contribution >= 4 is 27.7 Å². The molecule has 1 fully saturated rings. The minimum absolute atomic E-state index is 0.0441. The van der Waals surface area contributed by atoms with Gasteiger partial charge < -0.3 is 11.1 Å². The number of amides is 1. The number of nitrogens with two attached hydrogens (primary N) is 1. The number of nitrogens with one attached hydrogen (secondary N) is 2. The maximum absolute atomic E-state index is 14.9. The second kappa shape index (κ2) is 7.97. The summed E-state index contributed by atoms with van der Waals surface area (Å²) in [6.07, 6.45) is 2.77. The standard InChI is InChI=1S/C22H26FN7O2S/c1-13-9-14(10-24)11-26-17(13)19(31)29-16-6-5-15(23)18(28-16)21(2)12-33(32)22(3,20(25)30-21)7-4-8-27-33/h5-6,9,11,33H,4,7-8,12H2,1-3H3,(H2,25,30)(H,27,32)(H,28,29,31)/t21-,22-/m0/s1. The Labute approximate surface area is 192 Å². The first-order chi connectivity index (χ1) is 15.5. The molecule has 0 bridgehead atoms. The van der Waals surface area contributed by atoms with Crippen LogP contribution in [0.2, 0.25) is 0 Å². The molecular formula is C22H26FN7O2S.